The fourth-order valence-electron chi connectivity index (χ4n) is 0.421. The largest absolute Gasteiger partial charge is 0.480 e. The zero-order valence-electron chi connectivity index (χ0n) is 6.12. The van der Waals surface area contributed by atoms with E-state index in [1.807, 2.05) is 0 Å². The summed E-state index contributed by atoms with van der Waals surface area (Å²) in [6, 6.07) is -0.979. The Morgan fingerprint density at radius 1 is 1.45 bits per heavy atom. The molecule has 0 aromatic carbocycles. The Labute approximate surface area is 67.7 Å². The van der Waals surface area contributed by atoms with Gasteiger partial charge in [0, 0.05) is 6.42 Å². The van der Waals surface area contributed by atoms with E-state index in [1.165, 1.54) is 0 Å². The van der Waals surface area contributed by atoms with Crippen LogP contribution in [0.15, 0.2) is 0 Å². The van der Waals surface area contributed by atoms with E-state index in [0.717, 1.165) is 0 Å². The van der Waals surface area contributed by atoms with Crippen LogP contribution in [-0.4, -0.2) is 23.0 Å². The zero-order valence-corrected chi connectivity index (χ0v) is 7.53. The topological polar surface area (TPSA) is 106 Å². The second-order valence-corrected chi connectivity index (χ2v) is 1.95. The lowest BCUT2D eigenvalue weighted by Gasteiger charge is -2.01. The molecule has 0 radical (unpaired) electrons. The van der Waals surface area contributed by atoms with Crippen molar-refractivity contribution < 1.29 is 14.7 Å². The summed E-state index contributed by atoms with van der Waals surface area (Å²) in [4.78, 5) is 20.1. The predicted molar refractivity (Wildman–Crippen MR) is 45.1 cm³/mol. The SMILES string of the molecule is NC(=O)CCC(N)C(=O)O.P. The maximum absolute atomic E-state index is 10.1. The third kappa shape index (κ3) is 7.22. The summed E-state index contributed by atoms with van der Waals surface area (Å²) < 4.78 is 0. The lowest BCUT2D eigenvalue weighted by molar-refractivity contribution is -0.138. The molecule has 2 atom stereocenters. The first kappa shape index (κ1) is 13.0. The number of amides is 1. The quantitative estimate of drug-likeness (QED) is 0.468. The van der Waals surface area contributed by atoms with Gasteiger partial charge in [-0.25, -0.2) is 0 Å². The zero-order chi connectivity index (χ0) is 8.15. The molecule has 0 spiro atoms. The van der Waals surface area contributed by atoms with Gasteiger partial charge in [-0.1, -0.05) is 0 Å². The highest BCUT2D eigenvalue weighted by Gasteiger charge is 2.11. The van der Waals surface area contributed by atoms with Gasteiger partial charge in [-0.05, 0) is 6.42 Å². The van der Waals surface area contributed by atoms with Crippen molar-refractivity contribution in [3.8, 4) is 0 Å². The fourth-order valence-corrected chi connectivity index (χ4v) is 0.421. The molecule has 0 bridgehead atoms. The molecule has 0 saturated heterocycles. The molecule has 0 aromatic rings. The van der Waals surface area contributed by atoms with E-state index in [1.54, 1.807) is 0 Å². The van der Waals surface area contributed by atoms with Crippen molar-refractivity contribution in [3.05, 3.63) is 0 Å². The van der Waals surface area contributed by atoms with Gasteiger partial charge >= 0.3 is 5.97 Å². The lowest BCUT2D eigenvalue weighted by atomic mass is 10.2. The number of rotatable bonds is 4. The third-order valence-electron chi connectivity index (χ3n) is 1.02. The molecule has 0 aliphatic carbocycles. The minimum atomic E-state index is -1.11. The Balaban J connectivity index is 0. The van der Waals surface area contributed by atoms with Crippen LogP contribution in [0.5, 0.6) is 0 Å². The number of primary amides is 1. The first-order valence-corrected chi connectivity index (χ1v) is 2.80. The summed E-state index contributed by atoms with van der Waals surface area (Å²) in [5.74, 6) is -1.64. The molecule has 0 rings (SSSR count). The summed E-state index contributed by atoms with van der Waals surface area (Å²) in [7, 11) is 0. The number of carbonyl (C=O) groups is 2. The van der Waals surface area contributed by atoms with Crippen molar-refractivity contribution in [1.82, 2.24) is 0 Å². The normalized spacial score (nSPS) is 11.4. The highest BCUT2D eigenvalue weighted by Crippen LogP contribution is 1.92. The van der Waals surface area contributed by atoms with E-state index in [0.29, 0.717) is 0 Å². The Morgan fingerprint density at radius 2 is 1.91 bits per heavy atom. The van der Waals surface area contributed by atoms with Gasteiger partial charge in [0.25, 0.3) is 0 Å². The minimum Gasteiger partial charge on any atom is -0.480 e. The molecular weight excluding hydrogens is 167 g/mol. The average Bonchev–Trinajstić information content (AvgIpc) is 1.82. The Kier molecular flexibility index (Phi) is 7.15. The Morgan fingerprint density at radius 3 is 2.18 bits per heavy atom. The molecule has 11 heavy (non-hydrogen) atoms. The van der Waals surface area contributed by atoms with Crippen molar-refractivity contribution in [2.24, 2.45) is 11.5 Å². The molecule has 2 unspecified atom stereocenters. The number of nitrogens with two attached hydrogens (primary N) is 2. The first-order chi connectivity index (χ1) is 4.54. The number of carbonyl (C=O) groups excluding carboxylic acids is 1. The summed E-state index contributed by atoms with van der Waals surface area (Å²) in [5.41, 5.74) is 9.81. The second kappa shape index (κ2) is 6.07. The maximum atomic E-state index is 10.1. The van der Waals surface area contributed by atoms with Gasteiger partial charge in [0.1, 0.15) is 6.04 Å². The molecule has 5 N–H and O–H groups in total. The predicted octanol–water partition coefficient (Wildman–Crippen LogP) is -1.28. The Hall–Kier alpha value is -0.670. The number of carboxylic acid groups (broad SMARTS) is 1. The standard InChI is InChI=1S/C5H10N2O3.H3P/c6-3(5(9)10)1-2-4(7)8;/h3H,1-2,6H2,(H2,7,8)(H,9,10);1H3. The van der Waals surface area contributed by atoms with Gasteiger partial charge in [-0.15, -0.1) is 0 Å². The monoisotopic (exact) mass is 180 g/mol. The Bertz CT molecular complexity index is 151. The molecule has 6 heteroatoms. The van der Waals surface area contributed by atoms with Crippen molar-refractivity contribution >= 4 is 21.8 Å². The molecule has 0 aromatic heterocycles. The highest BCUT2D eigenvalue weighted by atomic mass is 31.0. The molecule has 0 aliphatic heterocycles. The van der Waals surface area contributed by atoms with Crippen LogP contribution in [0, 0.1) is 0 Å². The maximum Gasteiger partial charge on any atom is 0.320 e. The molecule has 0 fully saturated rings. The van der Waals surface area contributed by atoms with Gasteiger partial charge in [-0.3, -0.25) is 9.59 Å². The van der Waals surface area contributed by atoms with Crippen molar-refractivity contribution in [1.29, 1.82) is 0 Å². The molecular formula is C5H13N2O3P. The van der Waals surface area contributed by atoms with Crippen LogP contribution in [0.2, 0.25) is 0 Å². The molecule has 0 aliphatic rings. The minimum absolute atomic E-state index is 0. The lowest BCUT2D eigenvalue weighted by Crippen LogP contribution is -2.31. The van der Waals surface area contributed by atoms with E-state index in [2.05, 4.69) is 0 Å². The van der Waals surface area contributed by atoms with Gasteiger partial charge in [0.15, 0.2) is 0 Å². The van der Waals surface area contributed by atoms with Crippen LogP contribution in [0.3, 0.4) is 0 Å². The van der Waals surface area contributed by atoms with Gasteiger partial charge in [0.2, 0.25) is 5.91 Å². The molecule has 5 nitrogen and oxygen atoms in total. The van der Waals surface area contributed by atoms with Gasteiger partial charge in [0.05, 0.1) is 0 Å². The van der Waals surface area contributed by atoms with Crippen LogP contribution in [0.1, 0.15) is 12.8 Å². The fraction of sp³-hybridized carbons (Fsp3) is 0.600. The number of aliphatic carboxylic acids is 1. The van der Waals surface area contributed by atoms with Crippen LogP contribution >= 0.6 is 9.90 Å². The van der Waals surface area contributed by atoms with Crippen LogP contribution in [-0.2, 0) is 9.59 Å². The molecule has 1 amide bonds. The smallest absolute Gasteiger partial charge is 0.320 e. The van der Waals surface area contributed by atoms with E-state index in [9.17, 15) is 9.59 Å². The number of hydrogen-bond donors (Lipinski definition) is 3. The number of hydrogen-bond acceptors (Lipinski definition) is 3. The van der Waals surface area contributed by atoms with Crippen LogP contribution in [0.25, 0.3) is 0 Å². The summed E-state index contributed by atoms with van der Waals surface area (Å²) in [6.07, 6.45) is 0.123. The second-order valence-electron chi connectivity index (χ2n) is 1.95. The van der Waals surface area contributed by atoms with Gasteiger partial charge < -0.3 is 16.6 Å². The van der Waals surface area contributed by atoms with E-state index < -0.39 is 17.9 Å². The average molecular weight is 180 g/mol. The highest BCUT2D eigenvalue weighted by molar-refractivity contribution is 6.92. The van der Waals surface area contributed by atoms with Crippen molar-refractivity contribution in [2.45, 2.75) is 18.9 Å². The number of carboxylic acids is 1. The summed E-state index contributed by atoms with van der Waals surface area (Å²) in [5, 5.41) is 8.22. The summed E-state index contributed by atoms with van der Waals surface area (Å²) in [6.45, 7) is 0. The van der Waals surface area contributed by atoms with Crippen LogP contribution < -0.4 is 11.5 Å². The summed E-state index contributed by atoms with van der Waals surface area (Å²) >= 11 is 0. The van der Waals surface area contributed by atoms with E-state index in [-0.39, 0.29) is 22.7 Å². The van der Waals surface area contributed by atoms with Gasteiger partial charge in [-0.2, -0.15) is 9.90 Å². The van der Waals surface area contributed by atoms with E-state index >= 15 is 0 Å². The van der Waals surface area contributed by atoms with Crippen molar-refractivity contribution in [3.63, 3.8) is 0 Å². The van der Waals surface area contributed by atoms with E-state index in [4.69, 9.17) is 16.6 Å². The molecule has 0 saturated carbocycles. The molecule has 0 heterocycles. The van der Waals surface area contributed by atoms with Crippen molar-refractivity contribution in [2.75, 3.05) is 0 Å². The first-order valence-electron chi connectivity index (χ1n) is 2.80. The van der Waals surface area contributed by atoms with Crippen LogP contribution in [0.4, 0.5) is 0 Å². The third-order valence-corrected chi connectivity index (χ3v) is 1.02. The molecule has 66 valence electrons.